The van der Waals surface area contributed by atoms with E-state index in [1.165, 1.54) is 0 Å². The maximum absolute atomic E-state index is 13.6. The van der Waals surface area contributed by atoms with Crippen molar-refractivity contribution in [2.75, 3.05) is 13.1 Å². The lowest BCUT2D eigenvalue weighted by Crippen LogP contribution is -2.45. The summed E-state index contributed by atoms with van der Waals surface area (Å²) in [6.45, 7) is 1.87. The van der Waals surface area contributed by atoms with Crippen molar-refractivity contribution < 1.29 is 22.8 Å². The summed E-state index contributed by atoms with van der Waals surface area (Å²) in [5, 5.41) is 20.3. The molecule has 1 fully saturated rings. The van der Waals surface area contributed by atoms with E-state index in [0.717, 1.165) is 16.4 Å². The normalized spacial score (nSPS) is 19.4. The van der Waals surface area contributed by atoms with E-state index in [9.17, 15) is 28.0 Å². The van der Waals surface area contributed by atoms with Crippen molar-refractivity contribution in [1.29, 1.82) is 0 Å². The Balaban J connectivity index is 2.28. The molecule has 0 radical (unpaired) electrons. The molecule has 7 nitrogen and oxygen atoms in total. The van der Waals surface area contributed by atoms with Crippen molar-refractivity contribution >= 4 is 15.7 Å². The molecule has 1 saturated heterocycles. The molecule has 0 bridgehead atoms. The van der Waals surface area contributed by atoms with Crippen molar-refractivity contribution in [3.8, 4) is 0 Å². The minimum absolute atomic E-state index is 0.119. The number of hydrogen-bond acceptors (Lipinski definition) is 5. The Hall–Kier alpha value is -1.58. The van der Waals surface area contributed by atoms with Gasteiger partial charge >= 0.3 is 5.69 Å². The summed E-state index contributed by atoms with van der Waals surface area (Å²) < 4.78 is 39.4. The van der Waals surface area contributed by atoms with Gasteiger partial charge < -0.3 is 5.11 Å². The molecule has 1 heterocycles. The van der Waals surface area contributed by atoms with Gasteiger partial charge in [0.15, 0.2) is 0 Å². The van der Waals surface area contributed by atoms with E-state index in [-0.39, 0.29) is 30.8 Å². The van der Waals surface area contributed by atoms with E-state index in [1.807, 2.05) is 0 Å². The molecule has 1 aromatic rings. The number of nitro groups is 1. The fourth-order valence-electron chi connectivity index (χ4n) is 2.15. The van der Waals surface area contributed by atoms with Crippen LogP contribution in [0.15, 0.2) is 23.1 Å². The fourth-order valence-corrected chi connectivity index (χ4v) is 3.61. The monoisotopic (exact) mass is 318 g/mol. The third-order valence-electron chi connectivity index (χ3n) is 3.55. The summed E-state index contributed by atoms with van der Waals surface area (Å²) in [5.74, 6) is -1.19. The van der Waals surface area contributed by atoms with Crippen molar-refractivity contribution in [3.63, 3.8) is 0 Å². The average Bonchev–Trinajstić information content (AvgIpc) is 2.37. The Morgan fingerprint density at radius 2 is 1.95 bits per heavy atom. The van der Waals surface area contributed by atoms with Crippen LogP contribution in [0, 0.1) is 15.9 Å². The summed E-state index contributed by atoms with van der Waals surface area (Å²) in [4.78, 5) is 9.29. The lowest BCUT2D eigenvalue weighted by molar-refractivity contribution is -0.387. The SMILES string of the molecule is CC1(O)CCN(S(=O)(=O)c2ccc([N+](=O)[O-])c(F)c2)CC1. The Labute approximate surface area is 121 Å². The highest BCUT2D eigenvalue weighted by Gasteiger charge is 2.34. The first-order chi connectivity index (χ1) is 9.63. The number of benzene rings is 1. The van der Waals surface area contributed by atoms with E-state index in [0.29, 0.717) is 6.07 Å². The first-order valence-electron chi connectivity index (χ1n) is 6.30. The smallest absolute Gasteiger partial charge is 0.304 e. The van der Waals surface area contributed by atoms with Crippen LogP contribution in [0.4, 0.5) is 10.1 Å². The topological polar surface area (TPSA) is 101 Å². The predicted molar refractivity (Wildman–Crippen MR) is 71.7 cm³/mol. The Kier molecular flexibility index (Phi) is 4.00. The van der Waals surface area contributed by atoms with Gasteiger partial charge in [0.25, 0.3) is 0 Å². The molecular formula is C12H15FN2O5S. The van der Waals surface area contributed by atoms with Gasteiger partial charge in [0.1, 0.15) is 0 Å². The number of aliphatic hydroxyl groups is 1. The molecule has 1 aromatic carbocycles. The minimum atomic E-state index is -3.92. The molecule has 1 aliphatic heterocycles. The molecule has 0 spiro atoms. The molecule has 0 atom stereocenters. The quantitative estimate of drug-likeness (QED) is 0.668. The van der Waals surface area contributed by atoms with E-state index in [4.69, 9.17) is 0 Å². The highest BCUT2D eigenvalue weighted by atomic mass is 32.2. The Morgan fingerprint density at radius 3 is 2.43 bits per heavy atom. The summed E-state index contributed by atoms with van der Waals surface area (Å²) in [6.07, 6.45) is 0.559. The van der Waals surface area contributed by atoms with Crippen molar-refractivity contribution in [2.45, 2.75) is 30.3 Å². The van der Waals surface area contributed by atoms with Gasteiger partial charge in [-0.2, -0.15) is 8.70 Å². The molecule has 116 valence electrons. The van der Waals surface area contributed by atoms with Gasteiger partial charge in [0, 0.05) is 25.2 Å². The number of halogens is 1. The summed E-state index contributed by atoms with van der Waals surface area (Å²) in [7, 11) is -3.92. The van der Waals surface area contributed by atoms with E-state index in [1.54, 1.807) is 6.92 Å². The second-order valence-electron chi connectivity index (χ2n) is 5.27. The molecule has 21 heavy (non-hydrogen) atoms. The number of hydrogen-bond donors (Lipinski definition) is 1. The summed E-state index contributed by atoms with van der Waals surface area (Å²) in [5.41, 5.74) is -1.68. The number of nitrogens with zero attached hydrogens (tertiary/aromatic N) is 2. The van der Waals surface area contributed by atoms with Gasteiger partial charge in [0.05, 0.1) is 15.4 Å². The highest BCUT2D eigenvalue weighted by Crippen LogP contribution is 2.28. The van der Waals surface area contributed by atoms with Crippen LogP contribution in [0.2, 0.25) is 0 Å². The molecule has 0 aliphatic carbocycles. The Morgan fingerprint density at radius 1 is 1.38 bits per heavy atom. The zero-order valence-corrected chi connectivity index (χ0v) is 12.1. The minimum Gasteiger partial charge on any atom is -0.390 e. The molecule has 0 aromatic heterocycles. The maximum Gasteiger partial charge on any atom is 0.304 e. The number of sulfonamides is 1. The lowest BCUT2D eigenvalue weighted by Gasteiger charge is -2.34. The predicted octanol–water partition coefficient (Wildman–Crippen LogP) is 1.27. The first-order valence-corrected chi connectivity index (χ1v) is 7.74. The van der Waals surface area contributed by atoms with Gasteiger partial charge in [-0.05, 0) is 25.8 Å². The van der Waals surface area contributed by atoms with Crippen molar-refractivity contribution in [3.05, 3.63) is 34.1 Å². The van der Waals surface area contributed by atoms with E-state index in [2.05, 4.69) is 0 Å². The molecular weight excluding hydrogens is 303 g/mol. The molecule has 9 heteroatoms. The average molecular weight is 318 g/mol. The summed E-state index contributed by atoms with van der Waals surface area (Å²) >= 11 is 0. The third kappa shape index (κ3) is 3.20. The molecule has 0 amide bonds. The number of piperidine rings is 1. The third-order valence-corrected chi connectivity index (χ3v) is 5.45. The standard InChI is InChI=1S/C12H15FN2O5S/c1-12(16)4-6-14(7-5-12)21(19,20)9-2-3-11(15(17)18)10(13)8-9/h2-3,8,16H,4-7H2,1H3. The fraction of sp³-hybridized carbons (Fsp3) is 0.500. The van der Waals surface area contributed by atoms with Crippen LogP contribution in [-0.4, -0.2) is 41.4 Å². The highest BCUT2D eigenvalue weighted by molar-refractivity contribution is 7.89. The second-order valence-corrected chi connectivity index (χ2v) is 7.21. The van der Waals surface area contributed by atoms with Gasteiger partial charge in [0.2, 0.25) is 15.8 Å². The van der Waals surface area contributed by atoms with Gasteiger partial charge in [-0.1, -0.05) is 0 Å². The first kappa shape index (κ1) is 15.8. The second kappa shape index (κ2) is 5.32. The van der Waals surface area contributed by atoms with Crippen LogP contribution in [-0.2, 0) is 10.0 Å². The van der Waals surface area contributed by atoms with Crippen LogP contribution in [0.1, 0.15) is 19.8 Å². The van der Waals surface area contributed by atoms with Crippen molar-refractivity contribution in [1.82, 2.24) is 4.31 Å². The molecule has 2 rings (SSSR count). The summed E-state index contributed by atoms with van der Waals surface area (Å²) in [6, 6.07) is 2.51. The van der Waals surface area contributed by atoms with Gasteiger partial charge in [-0.25, -0.2) is 8.42 Å². The van der Waals surface area contributed by atoms with Gasteiger partial charge in [-0.15, -0.1) is 0 Å². The molecule has 1 aliphatic rings. The lowest BCUT2D eigenvalue weighted by atomic mass is 9.95. The van der Waals surface area contributed by atoms with Crippen LogP contribution in [0.3, 0.4) is 0 Å². The van der Waals surface area contributed by atoms with Crippen LogP contribution in [0.25, 0.3) is 0 Å². The number of rotatable bonds is 3. The zero-order valence-electron chi connectivity index (χ0n) is 11.3. The molecule has 1 N–H and O–H groups in total. The largest absolute Gasteiger partial charge is 0.390 e. The van der Waals surface area contributed by atoms with Gasteiger partial charge in [-0.3, -0.25) is 10.1 Å². The van der Waals surface area contributed by atoms with Crippen LogP contribution in [0.5, 0.6) is 0 Å². The number of nitro benzene ring substituents is 1. The van der Waals surface area contributed by atoms with E-state index < -0.39 is 32.1 Å². The van der Waals surface area contributed by atoms with Crippen LogP contribution >= 0.6 is 0 Å². The van der Waals surface area contributed by atoms with Crippen LogP contribution < -0.4 is 0 Å². The van der Waals surface area contributed by atoms with E-state index >= 15 is 0 Å². The van der Waals surface area contributed by atoms with Crippen molar-refractivity contribution in [2.24, 2.45) is 0 Å². The zero-order chi connectivity index (χ0) is 15.8. The molecule has 0 saturated carbocycles. The molecule has 0 unspecified atom stereocenters. The maximum atomic E-state index is 13.6. The Bertz CT molecular complexity index is 664.